The molecule has 0 radical (unpaired) electrons. The highest BCUT2D eigenvalue weighted by molar-refractivity contribution is 7.51. The third-order valence-corrected chi connectivity index (χ3v) is 0.807. The van der Waals surface area contributed by atoms with Gasteiger partial charge in [-0.05, 0) is 0 Å². The first-order valence-electron chi connectivity index (χ1n) is 1.44. The summed E-state index contributed by atoms with van der Waals surface area (Å²) in [6, 6.07) is 0. The molecule has 1 aliphatic heterocycles. The van der Waals surface area contributed by atoms with E-state index in [4.69, 9.17) is 0 Å². The maximum Gasteiger partial charge on any atom is 0.198 e. The van der Waals surface area contributed by atoms with Gasteiger partial charge in [0.15, 0.2) is 6.40 Å². The number of rotatable bonds is 0. The van der Waals surface area contributed by atoms with E-state index < -0.39 is 0 Å². The molecule has 32 valence electrons. The molecule has 0 N–H and O–H groups in total. The zero-order chi connectivity index (χ0) is 4.24. The second-order valence-electron chi connectivity index (χ2n) is 0.701. The van der Waals surface area contributed by atoms with E-state index in [2.05, 4.69) is 14.7 Å². The molecule has 0 saturated heterocycles. The smallest absolute Gasteiger partial charge is 0.198 e. The van der Waals surface area contributed by atoms with Crippen LogP contribution in [-0.4, -0.2) is 12.4 Å². The molecule has 3 nitrogen and oxygen atoms in total. The van der Waals surface area contributed by atoms with Crippen molar-refractivity contribution in [1.82, 2.24) is 0 Å². The molecule has 0 amide bonds. The maximum absolute atomic E-state index is 4.66. The van der Waals surface area contributed by atoms with Gasteiger partial charge in [0.25, 0.3) is 0 Å². The van der Waals surface area contributed by atoms with Crippen LogP contribution in [0.5, 0.6) is 0 Å². The molecule has 0 aromatic rings. The van der Waals surface area contributed by atoms with E-state index in [9.17, 15) is 0 Å². The lowest BCUT2D eigenvalue weighted by atomic mass is 11.5. The van der Waals surface area contributed by atoms with Crippen LogP contribution in [0.1, 0.15) is 0 Å². The highest BCUT2D eigenvalue weighted by atomic mass is 31.1. The first-order chi connectivity index (χ1) is 3.00. The lowest BCUT2D eigenvalue weighted by Gasteiger charge is -1.91. The van der Waals surface area contributed by atoms with Gasteiger partial charge in [-0.15, -0.1) is 5.10 Å². The summed E-state index contributed by atoms with van der Waals surface area (Å²) in [5.41, 5.74) is 0. The van der Waals surface area contributed by atoms with Gasteiger partial charge in [-0.25, -0.2) is 0 Å². The molecule has 4 heteroatoms. The number of hydrogen-bond donors (Lipinski definition) is 0. The third kappa shape index (κ3) is 0.760. The van der Waals surface area contributed by atoms with Crippen molar-refractivity contribution in [1.29, 1.82) is 0 Å². The molecule has 6 heavy (non-hydrogen) atoms. The van der Waals surface area contributed by atoms with Crippen LogP contribution in [0, 0.1) is 0 Å². The van der Waals surface area contributed by atoms with Crippen molar-refractivity contribution >= 4 is 21.2 Å². The Bertz CT molecular complexity index is 77.5. The molecular formula is C2H3N2OP. The summed E-state index contributed by atoms with van der Waals surface area (Å²) in [5.74, 6) is 1.62. The van der Waals surface area contributed by atoms with E-state index in [1.807, 2.05) is 0 Å². The van der Waals surface area contributed by atoms with Gasteiger partial charge in [0.2, 0.25) is 0 Å². The van der Waals surface area contributed by atoms with E-state index >= 15 is 0 Å². The molecule has 0 fully saturated rings. The Kier molecular flexibility index (Phi) is 1.17. The first-order valence-corrected chi connectivity index (χ1v) is 2.43. The van der Waals surface area contributed by atoms with E-state index in [-0.39, 0.29) is 0 Å². The van der Waals surface area contributed by atoms with Crippen LogP contribution in [0.3, 0.4) is 0 Å². The van der Waals surface area contributed by atoms with Crippen molar-refractivity contribution in [2.45, 2.75) is 0 Å². The molecule has 1 rings (SSSR count). The van der Waals surface area contributed by atoms with Gasteiger partial charge in [0, 0.05) is 0 Å². The fourth-order valence-electron chi connectivity index (χ4n) is 0.169. The Hall–Kier alpha value is -0.430. The lowest BCUT2D eigenvalue weighted by Crippen LogP contribution is -1.75. The van der Waals surface area contributed by atoms with Crippen LogP contribution in [-0.2, 0) is 4.52 Å². The predicted molar refractivity (Wildman–Crippen MR) is 26.4 cm³/mol. The van der Waals surface area contributed by atoms with Gasteiger partial charge in [0.05, 0.1) is 5.96 Å². The Labute approximate surface area is 37.0 Å². The maximum atomic E-state index is 4.66. The summed E-state index contributed by atoms with van der Waals surface area (Å²) in [4.78, 5) is 0. The van der Waals surface area contributed by atoms with Crippen molar-refractivity contribution < 1.29 is 4.52 Å². The minimum Gasteiger partial charge on any atom is -0.459 e. The molecule has 1 aliphatic rings. The minimum atomic E-state index is 0.361. The van der Waals surface area contributed by atoms with Crippen LogP contribution < -0.4 is 0 Å². The van der Waals surface area contributed by atoms with E-state index in [1.165, 1.54) is 6.40 Å². The van der Waals surface area contributed by atoms with Crippen molar-refractivity contribution in [3.63, 3.8) is 0 Å². The van der Waals surface area contributed by atoms with Gasteiger partial charge < -0.3 is 4.52 Å². The second kappa shape index (κ2) is 1.88. The molecule has 0 aromatic carbocycles. The molecule has 1 atom stereocenters. The van der Waals surface area contributed by atoms with Crippen LogP contribution in [0.2, 0.25) is 0 Å². The molecule has 1 unspecified atom stereocenters. The monoisotopic (exact) mass is 102 g/mol. The lowest BCUT2D eigenvalue weighted by molar-refractivity contribution is 0.659. The molecule has 0 bridgehead atoms. The zero-order valence-electron chi connectivity index (χ0n) is 2.96. The van der Waals surface area contributed by atoms with Crippen molar-refractivity contribution in [2.24, 2.45) is 10.2 Å². The Morgan fingerprint density at radius 1 is 1.50 bits per heavy atom. The van der Waals surface area contributed by atoms with E-state index in [1.54, 1.807) is 5.96 Å². The molecule has 0 aromatic heterocycles. The fourth-order valence-corrected chi connectivity index (χ4v) is 0.451. The van der Waals surface area contributed by atoms with Crippen LogP contribution in [0.25, 0.3) is 0 Å². The SMILES string of the molecule is C1=NN=CPO1. The molecular weight excluding hydrogens is 99.0 g/mol. The summed E-state index contributed by atoms with van der Waals surface area (Å²) in [5, 5.41) is 6.92. The Morgan fingerprint density at radius 2 is 2.50 bits per heavy atom. The Morgan fingerprint density at radius 3 is 2.67 bits per heavy atom. The molecule has 0 spiro atoms. The first kappa shape index (κ1) is 3.75. The predicted octanol–water partition coefficient (Wildman–Crippen LogP) is 0.582. The minimum absolute atomic E-state index is 0.361. The van der Waals surface area contributed by atoms with E-state index in [0.717, 1.165) is 0 Å². The highest BCUT2D eigenvalue weighted by Crippen LogP contribution is 2.06. The summed E-state index contributed by atoms with van der Waals surface area (Å²) < 4.78 is 4.66. The number of hydrogen-bond acceptors (Lipinski definition) is 3. The molecule has 0 aliphatic carbocycles. The van der Waals surface area contributed by atoms with Crippen molar-refractivity contribution in [3.05, 3.63) is 0 Å². The summed E-state index contributed by atoms with van der Waals surface area (Å²) in [7, 11) is 0.361. The van der Waals surface area contributed by atoms with Gasteiger partial charge in [0.1, 0.15) is 8.81 Å². The summed E-state index contributed by atoms with van der Waals surface area (Å²) in [6.45, 7) is 0. The van der Waals surface area contributed by atoms with E-state index in [0.29, 0.717) is 8.81 Å². The Balaban J connectivity index is 2.46. The highest BCUT2D eigenvalue weighted by Gasteiger charge is 1.78. The van der Waals surface area contributed by atoms with Gasteiger partial charge >= 0.3 is 0 Å². The largest absolute Gasteiger partial charge is 0.459 e. The standard InChI is InChI=1S/C2H3N2OP/c1-3-4-2-6-5-1/h1-2,6H. The normalized spacial score (nSPS) is 21.3. The third-order valence-electron chi connectivity index (χ3n) is 0.345. The zero-order valence-corrected chi connectivity index (χ0v) is 3.96. The van der Waals surface area contributed by atoms with Gasteiger partial charge in [-0.3, -0.25) is 0 Å². The summed E-state index contributed by atoms with van der Waals surface area (Å²) >= 11 is 0. The van der Waals surface area contributed by atoms with Crippen molar-refractivity contribution in [3.8, 4) is 0 Å². The van der Waals surface area contributed by atoms with Gasteiger partial charge in [-0.1, -0.05) is 0 Å². The van der Waals surface area contributed by atoms with Crippen LogP contribution in [0.4, 0.5) is 0 Å². The van der Waals surface area contributed by atoms with Crippen LogP contribution >= 0.6 is 8.81 Å². The fraction of sp³-hybridized carbons (Fsp3) is 0. The molecule has 0 saturated carbocycles. The second-order valence-corrected chi connectivity index (χ2v) is 1.43. The average Bonchev–Trinajstić information content (AvgIpc) is 1.72. The average molecular weight is 102 g/mol. The topological polar surface area (TPSA) is 34.0 Å². The van der Waals surface area contributed by atoms with Gasteiger partial charge in [-0.2, -0.15) is 5.10 Å². The molecule has 1 heterocycles. The van der Waals surface area contributed by atoms with Crippen molar-refractivity contribution in [2.75, 3.05) is 0 Å². The number of nitrogens with zero attached hydrogens (tertiary/aromatic N) is 2. The van der Waals surface area contributed by atoms with Crippen LogP contribution in [0.15, 0.2) is 10.2 Å². The summed E-state index contributed by atoms with van der Waals surface area (Å²) in [6.07, 6.45) is 1.33. The quantitative estimate of drug-likeness (QED) is 0.412.